The molecule has 0 unspecified atom stereocenters. The second kappa shape index (κ2) is 8.62. The van der Waals surface area contributed by atoms with E-state index in [9.17, 15) is 32.2 Å². The van der Waals surface area contributed by atoms with Crippen LogP contribution in [-0.2, 0) is 17.6 Å². The summed E-state index contributed by atoms with van der Waals surface area (Å²) in [6, 6.07) is 7.83. The molecule has 14 heteroatoms. The van der Waals surface area contributed by atoms with Crippen LogP contribution in [0.1, 0.15) is 37.3 Å². The second-order valence-electron chi connectivity index (χ2n) is 10.7. The normalized spacial score (nSPS) is 25.7. The highest BCUT2D eigenvalue weighted by Crippen LogP contribution is 2.80. The second-order valence-corrected chi connectivity index (χ2v) is 10.7. The Hall–Kier alpha value is -3.26. The van der Waals surface area contributed by atoms with Crippen LogP contribution in [0.25, 0.3) is 0 Å². The summed E-state index contributed by atoms with van der Waals surface area (Å²) in [5.74, 6) is -6.18. The average molecular weight is 560 g/mol. The standard InChI is InChI=1S/C25H23F7N4O3/c1-20(37,25(30,31)32)13-39-17-5-2-15(3-6-17)21-9-22(10-21,11-21)24(28,29)23(38,12-36-14-33-34-35-36)18-7-4-16(26)8-19(18)27/h2-8,14,37-38H,9-13H2,1H3/t20-,21?,22?,23-/m0/s1. The number of alkyl halides is 5. The molecule has 7 nitrogen and oxygen atoms in total. The van der Waals surface area contributed by atoms with Gasteiger partial charge in [-0.25, -0.2) is 22.2 Å². The van der Waals surface area contributed by atoms with E-state index in [1.54, 1.807) is 12.1 Å². The van der Waals surface area contributed by atoms with Crippen LogP contribution >= 0.6 is 0 Å². The number of aromatic nitrogens is 4. The molecule has 0 saturated heterocycles. The number of nitrogens with zero attached hydrogens (tertiary/aromatic N) is 4. The minimum Gasteiger partial charge on any atom is -0.490 e. The molecule has 1 heterocycles. The quantitative estimate of drug-likeness (QED) is 0.380. The summed E-state index contributed by atoms with van der Waals surface area (Å²) < 4.78 is 105. The third kappa shape index (κ3) is 4.15. The van der Waals surface area contributed by atoms with Crippen LogP contribution in [0.4, 0.5) is 30.7 Å². The summed E-state index contributed by atoms with van der Waals surface area (Å²) in [6.07, 6.45) is -4.07. The molecule has 210 valence electrons. The lowest BCUT2D eigenvalue weighted by Gasteiger charge is -2.74. The third-order valence-corrected chi connectivity index (χ3v) is 7.97. The highest BCUT2D eigenvalue weighted by Gasteiger charge is 2.82. The monoisotopic (exact) mass is 560 g/mol. The van der Waals surface area contributed by atoms with E-state index in [0.717, 1.165) is 23.1 Å². The van der Waals surface area contributed by atoms with Gasteiger partial charge in [-0.15, -0.1) is 5.10 Å². The minimum absolute atomic E-state index is 0.0533. The summed E-state index contributed by atoms with van der Waals surface area (Å²) in [4.78, 5) is 0. The van der Waals surface area contributed by atoms with Gasteiger partial charge >= 0.3 is 6.18 Å². The maximum atomic E-state index is 16.2. The molecule has 0 radical (unpaired) electrons. The van der Waals surface area contributed by atoms with E-state index >= 15 is 8.78 Å². The molecule has 2 aromatic carbocycles. The molecule has 3 saturated carbocycles. The van der Waals surface area contributed by atoms with Crippen molar-refractivity contribution in [1.82, 2.24) is 20.2 Å². The highest BCUT2D eigenvalue weighted by atomic mass is 19.4. The van der Waals surface area contributed by atoms with Crippen LogP contribution in [0.15, 0.2) is 48.8 Å². The first-order valence-corrected chi connectivity index (χ1v) is 11.8. The number of aliphatic hydroxyl groups is 2. The third-order valence-electron chi connectivity index (χ3n) is 7.97. The topological polar surface area (TPSA) is 93.3 Å². The zero-order valence-corrected chi connectivity index (χ0v) is 20.4. The fourth-order valence-electron chi connectivity index (χ4n) is 5.74. The summed E-state index contributed by atoms with van der Waals surface area (Å²) in [5.41, 5.74) is -8.68. The Kier molecular flexibility index (Phi) is 6.04. The lowest BCUT2D eigenvalue weighted by Crippen LogP contribution is -2.76. The van der Waals surface area contributed by atoms with Crippen LogP contribution in [0.3, 0.4) is 0 Å². The Morgan fingerprint density at radius 2 is 1.62 bits per heavy atom. The predicted octanol–water partition coefficient (Wildman–Crippen LogP) is 4.29. The summed E-state index contributed by atoms with van der Waals surface area (Å²) >= 11 is 0. The Balaban J connectivity index is 1.35. The van der Waals surface area contributed by atoms with Gasteiger partial charge in [-0.1, -0.05) is 12.1 Å². The van der Waals surface area contributed by atoms with Gasteiger partial charge in [0.25, 0.3) is 5.92 Å². The van der Waals surface area contributed by atoms with Gasteiger partial charge in [0.05, 0.1) is 6.54 Å². The van der Waals surface area contributed by atoms with Crippen molar-refractivity contribution in [3.63, 3.8) is 0 Å². The number of rotatable bonds is 9. The van der Waals surface area contributed by atoms with Crippen molar-refractivity contribution in [3.05, 3.63) is 71.6 Å². The Morgan fingerprint density at radius 1 is 0.974 bits per heavy atom. The largest absolute Gasteiger partial charge is 0.490 e. The minimum atomic E-state index is -4.89. The van der Waals surface area contributed by atoms with Crippen molar-refractivity contribution in [1.29, 1.82) is 0 Å². The summed E-state index contributed by atoms with van der Waals surface area (Å²) in [5, 5.41) is 31.2. The van der Waals surface area contributed by atoms with Crippen LogP contribution in [-0.4, -0.2) is 54.7 Å². The first-order valence-electron chi connectivity index (χ1n) is 11.8. The van der Waals surface area contributed by atoms with Gasteiger partial charge in [-0.2, -0.15) is 13.2 Å². The molecule has 0 spiro atoms. The molecular weight excluding hydrogens is 537 g/mol. The molecular formula is C25H23F7N4O3. The van der Waals surface area contributed by atoms with Gasteiger partial charge in [0.15, 0.2) is 11.2 Å². The summed E-state index contributed by atoms with van der Waals surface area (Å²) in [6.45, 7) is -1.34. The van der Waals surface area contributed by atoms with Crippen LogP contribution in [0, 0.1) is 17.0 Å². The van der Waals surface area contributed by atoms with Gasteiger partial charge < -0.3 is 14.9 Å². The molecule has 0 amide bonds. The lowest BCUT2D eigenvalue weighted by atomic mass is 9.30. The van der Waals surface area contributed by atoms with E-state index in [-0.39, 0.29) is 25.0 Å². The van der Waals surface area contributed by atoms with Crippen molar-refractivity contribution >= 4 is 0 Å². The molecule has 2 bridgehead atoms. The first-order chi connectivity index (χ1) is 18.0. The predicted molar refractivity (Wildman–Crippen MR) is 120 cm³/mol. The van der Waals surface area contributed by atoms with Gasteiger partial charge in [-0.3, -0.25) is 0 Å². The van der Waals surface area contributed by atoms with E-state index in [1.807, 2.05) is 0 Å². The molecule has 3 aliphatic rings. The first kappa shape index (κ1) is 27.3. The van der Waals surface area contributed by atoms with Crippen LogP contribution < -0.4 is 4.74 Å². The Bertz CT molecular complexity index is 1340. The highest BCUT2D eigenvalue weighted by molar-refractivity contribution is 5.44. The van der Waals surface area contributed by atoms with Gasteiger partial charge in [0.1, 0.15) is 30.3 Å². The van der Waals surface area contributed by atoms with Crippen LogP contribution in [0.2, 0.25) is 0 Å². The van der Waals surface area contributed by atoms with E-state index in [1.165, 1.54) is 12.1 Å². The fraction of sp³-hybridized carbons (Fsp3) is 0.480. The Labute approximate surface area is 217 Å². The van der Waals surface area contributed by atoms with Crippen molar-refractivity contribution in [2.24, 2.45) is 5.41 Å². The van der Waals surface area contributed by atoms with Gasteiger partial charge in [0.2, 0.25) is 0 Å². The number of hydrogen-bond donors (Lipinski definition) is 2. The van der Waals surface area contributed by atoms with E-state index < -0.39 is 64.5 Å². The van der Waals surface area contributed by atoms with Crippen molar-refractivity contribution in [2.75, 3.05) is 6.61 Å². The molecule has 3 aromatic rings. The smallest absolute Gasteiger partial charge is 0.420 e. The maximum absolute atomic E-state index is 16.2. The molecule has 39 heavy (non-hydrogen) atoms. The van der Waals surface area contributed by atoms with E-state index in [2.05, 4.69) is 15.5 Å². The SMILES string of the molecule is C[C@](O)(COc1ccc(C23CC(C(F)(F)[C@](O)(Cn4cnnn4)c4ccc(F)cc4F)(C2)C3)cc1)C(F)(F)F. The van der Waals surface area contributed by atoms with Crippen molar-refractivity contribution in [2.45, 2.75) is 61.4 Å². The van der Waals surface area contributed by atoms with Crippen molar-refractivity contribution in [3.8, 4) is 5.75 Å². The molecule has 6 rings (SSSR count). The fourth-order valence-corrected chi connectivity index (χ4v) is 5.74. The number of hydrogen-bond acceptors (Lipinski definition) is 6. The molecule has 3 fully saturated rings. The summed E-state index contributed by atoms with van der Waals surface area (Å²) in [7, 11) is 0. The number of ether oxygens (including phenoxy) is 1. The molecule has 2 N–H and O–H groups in total. The maximum Gasteiger partial charge on any atom is 0.420 e. The van der Waals surface area contributed by atoms with E-state index in [4.69, 9.17) is 4.74 Å². The molecule has 0 aliphatic heterocycles. The molecule has 1 aromatic heterocycles. The number of tetrazole rings is 1. The zero-order valence-electron chi connectivity index (χ0n) is 20.4. The van der Waals surface area contributed by atoms with Crippen LogP contribution in [0.5, 0.6) is 5.75 Å². The zero-order chi connectivity index (χ0) is 28.5. The van der Waals surface area contributed by atoms with Gasteiger partial charge in [0, 0.05) is 17.0 Å². The molecule has 2 atom stereocenters. The van der Waals surface area contributed by atoms with Crippen molar-refractivity contribution < 1.29 is 45.7 Å². The molecule has 3 aliphatic carbocycles. The number of benzene rings is 2. The average Bonchev–Trinajstić information content (AvgIpc) is 3.28. The lowest BCUT2D eigenvalue weighted by molar-refractivity contribution is -0.347. The Morgan fingerprint density at radius 3 is 2.15 bits per heavy atom. The van der Waals surface area contributed by atoms with E-state index in [0.29, 0.717) is 18.6 Å². The number of halogens is 7. The van der Waals surface area contributed by atoms with Gasteiger partial charge in [-0.05, 0) is 71.9 Å².